The summed E-state index contributed by atoms with van der Waals surface area (Å²) >= 11 is 0. The number of carbonyl (C=O) groups excluding carboxylic acids is 1. The zero-order chi connectivity index (χ0) is 14.7. The lowest BCUT2D eigenvalue weighted by atomic mass is 10.1. The smallest absolute Gasteiger partial charge is 0.257 e. The van der Waals surface area contributed by atoms with Crippen LogP contribution in [-0.2, 0) is 6.42 Å². The third kappa shape index (κ3) is 2.49. The molecule has 1 N–H and O–H groups in total. The maximum atomic E-state index is 12.6. The van der Waals surface area contributed by atoms with Gasteiger partial charge in [0.1, 0.15) is 6.33 Å². The van der Waals surface area contributed by atoms with Gasteiger partial charge in [-0.15, -0.1) is 0 Å². The summed E-state index contributed by atoms with van der Waals surface area (Å²) in [7, 11) is 0. The van der Waals surface area contributed by atoms with Crippen molar-refractivity contribution in [2.75, 3.05) is 13.2 Å². The summed E-state index contributed by atoms with van der Waals surface area (Å²) < 4.78 is 1.59. The predicted molar refractivity (Wildman–Crippen MR) is 73.4 cm³/mol. The molecule has 0 unspecified atom stereocenters. The van der Waals surface area contributed by atoms with E-state index in [1.807, 2.05) is 20.8 Å². The fourth-order valence-electron chi connectivity index (χ4n) is 2.20. The third-order valence-corrected chi connectivity index (χ3v) is 3.20. The Bertz CT molecular complexity index is 608. The number of rotatable bonds is 5. The van der Waals surface area contributed by atoms with Gasteiger partial charge in [0.15, 0.2) is 0 Å². The van der Waals surface area contributed by atoms with Gasteiger partial charge in [-0.2, -0.15) is 10.1 Å². The molecule has 0 bridgehead atoms. The number of hydrogen-bond donors (Lipinski definition) is 1. The Morgan fingerprint density at radius 3 is 2.80 bits per heavy atom. The minimum Gasteiger partial charge on any atom is -0.395 e. The van der Waals surface area contributed by atoms with Gasteiger partial charge in [0.05, 0.1) is 17.9 Å². The van der Waals surface area contributed by atoms with E-state index in [0.29, 0.717) is 24.3 Å². The maximum Gasteiger partial charge on any atom is 0.257 e. The molecule has 0 aromatic carbocycles. The van der Waals surface area contributed by atoms with E-state index >= 15 is 0 Å². The Labute approximate surface area is 117 Å². The molecule has 0 saturated heterocycles. The van der Waals surface area contributed by atoms with E-state index in [0.717, 1.165) is 5.69 Å². The molecule has 20 heavy (non-hydrogen) atoms. The van der Waals surface area contributed by atoms with Crippen molar-refractivity contribution in [3.05, 3.63) is 23.8 Å². The summed E-state index contributed by atoms with van der Waals surface area (Å²) in [5.74, 6) is 0.340. The normalized spacial score (nSPS) is 11.2. The van der Waals surface area contributed by atoms with Crippen LogP contribution in [0.4, 0.5) is 0 Å². The quantitative estimate of drug-likeness (QED) is 0.862. The largest absolute Gasteiger partial charge is 0.395 e. The zero-order valence-corrected chi connectivity index (χ0v) is 11.9. The van der Waals surface area contributed by atoms with Gasteiger partial charge in [0.25, 0.3) is 11.7 Å². The van der Waals surface area contributed by atoms with Crippen LogP contribution < -0.4 is 0 Å². The molecule has 0 saturated carbocycles. The minimum absolute atomic E-state index is 0.00537. The first-order valence-corrected chi connectivity index (χ1v) is 6.69. The average Bonchev–Trinajstić information content (AvgIpc) is 2.90. The molecule has 0 atom stereocenters. The molecule has 0 aliphatic carbocycles. The Morgan fingerprint density at radius 1 is 1.45 bits per heavy atom. The van der Waals surface area contributed by atoms with Gasteiger partial charge in [-0.1, -0.05) is 6.92 Å². The van der Waals surface area contributed by atoms with E-state index in [1.54, 1.807) is 9.42 Å². The number of hydrogen-bond acceptors (Lipinski definition) is 5. The van der Waals surface area contributed by atoms with Crippen molar-refractivity contribution in [1.29, 1.82) is 0 Å². The number of aromatic nitrogens is 4. The number of nitrogens with zero attached hydrogens (tertiary/aromatic N) is 5. The Balaban J connectivity index is 2.47. The zero-order valence-electron chi connectivity index (χ0n) is 11.9. The van der Waals surface area contributed by atoms with Crippen molar-refractivity contribution in [3.63, 3.8) is 0 Å². The molecule has 0 fully saturated rings. The monoisotopic (exact) mass is 277 g/mol. The van der Waals surface area contributed by atoms with E-state index in [1.165, 1.54) is 12.5 Å². The van der Waals surface area contributed by atoms with Crippen LogP contribution in [0, 0.1) is 0 Å². The lowest BCUT2D eigenvalue weighted by Crippen LogP contribution is -2.39. The first kappa shape index (κ1) is 14.4. The molecule has 108 valence electrons. The number of amides is 1. The molecule has 1 amide bonds. The highest BCUT2D eigenvalue weighted by Gasteiger charge is 2.22. The molecule has 0 spiro atoms. The van der Waals surface area contributed by atoms with Crippen LogP contribution in [0.2, 0.25) is 0 Å². The summed E-state index contributed by atoms with van der Waals surface area (Å²) in [5, 5.41) is 13.2. The fraction of sp³-hybridized carbons (Fsp3) is 0.538. The minimum atomic E-state index is -0.143. The van der Waals surface area contributed by atoms with Crippen molar-refractivity contribution < 1.29 is 9.90 Å². The van der Waals surface area contributed by atoms with Crippen LogP contribution >= 0.6 is 0 Å². The van der Waals surface area contributed by atoms with Crippen LogP contribution in [0.3, 0.4) is 0 Å². The van der Waals surface area contributed by atoms with E-state index in [9.17, 15) is 4.79 Å². The van der Waals surface area contributed by atoms with Gasteiger partial charge in [0.2, 0.25) is 0 Å². The number of fused-ring (bicyclic) bond motifs is 1. The topological polar surface area (TPSA) is 83.6 Å². The first-order chi connectivity index (χ1) is 9.60. The van der Waals surface area contributed by atoms with Crippen molar-refractivity contribution in [2.24, 2.45) is 0 Å². The number of aliphatic hydroxyl groups excluding tert-OH is 1. The highest BCUT2D eigenvalue weighted by atomic mass is 16.3. The summed E-state index contributed by atoms with van der Waals surface area (Å²) in [6.45, 7) is 6.03. The number of aryl methyl sites for hydroxylation is 1. The number of carbonyl (C=O) groups is 1. The van der Waals surface area contributed by atoms with Gasteiger partial charge in [0, 0.05) is 18.8 Å². The van der Waals surface area contributed by atoms with Crippen molar-refractivity contribution in [1.82, 2.24) is 24.5 Å². The van der Waals surface area contributed by atoms with Crippen LogP contribution in [0.15, 0.2) is 12.5 Å². The molecule has 7 nitrogen and oxygen atoms in total. The molecule has 0 radical (unpaired) electrons. The Morgan fingerprint density at radius 2 is 2.20 bits per heavy atom. The standard InChI is InChI=1S/C13H19N5O2/c1-4-11-10(7-14-13-15-8-16-18(11)13)12(20)17(5-6-19)9(2)3/h7-9,19H,4-6H2,1-3H3. The second-order valence-corrected chi connectivity index (χ2v) is 4.76. The lowest BCUT2D eigenvalue weighted by molar-refractivity contribution is 0.0663. The molecular formula is C13H19N5O2. The third-order valence-electron chi connectivity index (χ3n) is 3.20. The molecule has 2 heterocycles. The van der Waals surface area contributed by atoms with Crippen LogP contribution in [0.5, 0.6) is 0 Å². The van der Waals surface area contributed by atoms with Gasteiger partial charge in [-0.05, 0) is 20.3 Å². The second kappa shape index (κ2) is 5.96. The van der Waals surface area contributed by atoms with E-state index in [4.69, 9.17) is 5.11 Å². The van der Waals surface area contributed by atoms with Crippen LogP contribution in [-0.4, -0.2) is 54.7 Å². The highest BCUT2D eigenvalue weighted by Crippen LogP contribution is 2.14. The van der Waals surface area contributed by atoms with Gasteiger partial charge in [-0.3, -0.25) is 4.79 Å². The summed E-state index contributed by atoms with van der Waals surface area (Å²) in [5.41, 5.74) is 1.29. The lowest BCUT2D eigenvalue weighted by Gasteiger charge is -2.26. The molecular weight excluding hydrogens is 258 g/mol. The maximum absolute atomic E-state index is 12.6. The first-order valence-electron chi connectivity index (χ1n) is 6.69. The highest BCUT2D eigenvalue weighted by molar-refractivity contribution is 5.95. The SMILES string of the molecule is CCc1c(C(=O)N(CCO)C(C)C)cnc2ncnn12. The second-order valence-electron chi connectivity index (χ2n) is 4.76. The van der Waals surface area contributed by atoms with Crippen LogP contribution in [0.1, 0.15) is 36.8 Å². The summed E-state index contributed by atoms with van der Waals surface area (Å²) in [6, 6.07) is 0.00537. The average molecular weight is 277 g/mol. The van der Waals surface area contributed by atoms with Gasteiger partial charge < -0.3 is 10.0 Å². The predicted octanol–water partition coefficient (Wildman–Crippen LogP) is 0.530. The van der Waals surface area contributed by atoms with Gasteiger partial charge >= 0.3 is 0 Å². The number of aliphatic hydroxyl groups is 1. The van der Waals surface area contributed by atoms with E-state index in [2.05, 4.69) is 15.1 Å². The molecule has 0 aliphatic rings. The Hall–Kier alpha value is -2.02. The molecule has 2 rings (SSSR count). The summed E-state index contributed by atoms with van der Waals surface area (Å²) in [6.07, 6.45) is 3.61. The fourth-order valence-corrected chi connectivity index (χ4v) is 2.20. The molecule has 7 heteroatoms. The van der Waals surface area contributed by atoms with Crippen molar-refractivity contribution >= 4 is 11.7 Å². The van der Waals surface area contributed by atoms with E-state index < -0.39 is 0 Å². The molecule has 2 aromatic rings. The van der Waals surface area contributed by atoms with E-state index in [-0.39, 0.29) is 18.6 Å². The molecule has 2 aromatic heterocycles. The van der Waals surface area contributed by atoms with Crippen LogP contribution in [0.25, 0.3) is 5.78 Å². The Kier molecular flexibility index (Phi) is 4.29. The van der Waals surface area contributed by atoms with Crippen molar-refractivity contribution in [3.8, 4) is 0 Å². The van der Waals surface area contributed by atoms with Crippen molar-refractivity contribution in [2.45, 2.75) is 33.2 Å². The summed E-state index contributed by atoms with van der Waals surface area (Å²) in [4.78, 5) is 22.4. The molecule has 0 aliphatic heterocycles. The van der Waals surface area contributed by atoms with Gasteiger partial charge in [-0.25, -0.2) is 9.50 Å².